The van der Waals surface area contributed by atoms with Gasteiger partial charge in [-0.25, -0.2) is 0 Å². The SMILES string of the molecule is N#CC(CC1C2CCC1CN(CCc1ccc3c(c1)OCC3)C2)(c1ccccc1)c1ccccc1. The minimum absolute atomic E-state index is 0.583. The number of hydrogen-bond acceptors (Lipinski definition) is 3. The number of rotatable bonds is 7. The van der Waals surface area contributed by atoms with Crippen LogP contribution < -0.4 is 4.74 Å². The quantitative estimate of drug-likeness (QED) is 0.431. The summed E-state index contributed by atoms with van der Waals surface area (Å²) in [5, 5.41) is 10.7. The van der Waals surface area contributed by atoms with Gasteiger partial charge in [-0.15, -0.1) is 0 Å². The van der Waals surface area contributed by atoms with Gasteiger partial charge in [0.05, 0.1) is 12.7 Å². The maximum atomic E-state index is 10.7. The van der Waals surface area contributed by atoms with Crippen molar-refractivity contribution in [1.29, 1.82) is 5.26 Å². The molecule has 1 saturated heterocycles. The van der Waals surface area contributed by atoms with Crippen LogP contribution in [-0.4, -0.2) is 31.1 Å². The molecule has 0 N–H and O–H groups in total. The van der Waals surface area contributed by atoms with Crippen LogP contribution in [0.25, 0.3) is 0 Å². The van der Waals surface area contributed by atoms with Crippen LogP contribution in [0.1, 0.15) is 41.5 Å². The fraction of sp³-hybridized carbons (Fsp3) is 0.406. The number of nitrogens with zero attached hydrogens (tertiary/aromatic N) is 2. The molecular weight excluding hydrogens is 428 g/mol. The van der Waals surface area contributed by atoms with Crippen LogP contribution in [0.2, 0.25) is 0 Å². The predicted molar refractivity (Wildman–Crippen MR) is 139 cm³/mol. The lowest BCUT2D eigenvalue weighted by Gasteiger charge is -2.42. The Hall–Kier alpha value is -3.09. The summed E-state index contributed by atoms with van der Waals surface area (Å²) in [5.41, 5.74) is 4.42. The van der Waals surface area contributed by atoms with Crippen LogP contribution >= 0.6 is 0 Å². The summed E-state index contributed by atoms with van der Waals surface area (Å²) in [6.45, 7) is 4.26. The highest BCUT2D eigenvalue weighted by molar-refractivity contribution is 5.46. The van der Waals surface area contributed by atoms with Crippen LogP contribution in [0.3, 0.4) is 0 Å². The van der Waals surface area contributed by atoms with Gasteiger partial charge in [-0.3, -0.25) is 0 Å². The van der Waals surface area contributed by atoms with E-state index in [1.54, 1.807) is 0 Å². The zero-order valence-corrected chi connectivity index (χ0v) is 20.4. The molecule has 1 saturated carbocycles. The molecule has 2 aliphatic heterocycles. The molecule has 2 heterocycles. The summed E-state index contributed by atoms with van der Waals surface area (Å²) in [6.07, 6.45) is 5.63. The van der Waals surface area contributed by atoms with E-state index in [4.69, 9.17) is 4.74 Å². The lowest BCUT2D eigenvalue weighted by atomic mass is 9.66. The van der Waals surface area contributed by atoms with E-state index in [9.17, 15) is 5.26 Å². The number of likely N-dealkylation sites (tertiary alicyclic amines) is 1. The lowest BCUT2D eigenvalue weighted by molar-refractivity contribution is 0.0973. The Balaban J connectivity index is 1.18. The second-order valence-corrected chi connectivity index (χ2v) is 10.8. The normalized spacial score (nSPS) is 23.5. The van der Waals surface area contributed by atoms with Crippen molar-refractivity contribution in [2.45, 2.75) is 37.5 Å². The third-order valence-corrected chi connectivity index (χ3v) is 8.85. The van der Waals surface area contributed by atoms with Crippen LogP contribution in [0, 0.1) is 29.1 Å². The fourth-order valence-corrected chi connectivity index (χ4v) is 6.98. The van der Waals surface area contributed by atoms with Gasteiger partial charge in [0.15, 0.2) is 0 Å². The molecule has 0 amide bonds. The number of ether oxygens (including phenoxy) is 1. The predicted octanol–water partition coefficient (Wildman–Crippen LogP) is 6.02. The first kappa shape index (κ1) is 22.4. The van der Waals surface area contributed by atoms with Crippen molar-refractivity contribution >= 4 is 0 Å². The summed E-state index contributed by atoms with van der Waals surface area (Å²) in [4.78, 5) is 2.69. The van der Waals surface area contributed by atoms with E-state index in [2.05, 4.69) is 77.7 Å². The Morgan fingerprint density at radius 3 is 2.17 bits per heavy atom. The lowest BCUT2D eigenvalue weighted by Crippen LogP contribution is -2.45. The molecule has 3 aromatic rings. The van der Waals surface area contributed by atoms with Crippen molar-refractivity contribution in [3.63, 3.8) is 0 Å². The van der Waals surface area contributed by atoms with Gasteiger partial charge in [0.1, 0.15) is 11.2 Å². The smallest absolute Gasteiger partial charge is 0.122 e. The van der Waals surface area contributed by atoms with Crippen molar-refractivity contribution < 1.29 is 4.74 Å². The number of fused-ring (bicyclic) bond motifs is 3. The van der Waals surface area contributed by atoms with Crippen LogP contribution in [0.5, 0.6) is 5.75 Å². The average molecular weight is 463 g/mol. The van der Waals surface area contributed by atoms with Crippen molar-refractivity contribution in [1.82, 2.24) is 4.90 Å². The molecule has 3 aliphatic rings. The second kappa shape index (κ2) is 9.51. The molecule has 3 aromatic carbocycles. The molecule has 178 valence electrons. The Morgan fingerprint density at radius 2 is 1.54 bits per heavy atom. The summed E-state index contributed by atoms with van der Waals surface area (Å²) >= 11 is 0. The van der Waals surface area contributed by atoms with Gasteiger partial charge in [-0.1, -0.05) is 72.8 Å². The summed E-state index contributed by atoms with van der Waals surface area (Å²) in [6, 6.07) is 30.6. The second-order valence-electron chi connectivity index (χ2n) is 10.8. The van der Waals surface area contributed by atoms with Gasteiger partial charge in [0.25, 0.3) is 0 Å². The minimum atomic E-state index is -0.583. The van der Waals surface area contributed by atoms with E-state index < -0.39 is 5.41 Å². The van der Waals surface area contributed by atoms with Crippen LogP contribution in [-0.2, 0) is 18.3 Å². The first-order chi connectivity index (χ1) is 17.2. The van der Waals surface area contributed by atoms with E-state index in [1.807, 2.05) is 12.1 Å². The standard InChI is InChI=1S/C32H34N2O/c33-23-32(28-7-3-1-4-8-28,29-9-5-2-6-10-29)20-30-26-13-14-27(30)22-34(21-26)17-15-24-11-12-25-16-18-35-31(25)19-24/h1-12,19,26-27,30H,13-18,20-22H2. The van der Waals surface area contributed by atoms with E-state index in [0.29, 0.717) is 17.8 Å². The van der Waals surface area contributed by atoms with Crippen molar-refractivity contribution in [2.24, 2.45) is 17.8 Å². The third-order valence-electron chi connectivity index (χ3n) is 8.85. The van der Waals surface area contributed by atoms with E-state index >= 15 is 0 Å². The molecule has 2 unspecified atom stereocenters. The molecule has 3 nitrogen and oxygen atoms in total. The Bertz CT molecular complexity index is 1150. The topological polar surface area (TPSA) is 36.3 Å². The molecule has 2 fully saturated rings. The Labute approximate surface area is 209 Å². The largest absolute Gasteiger partial charge is 0.493 e. The monoisotopic (exact) mass is 462 g/mol. The van der Waals surface area contributed by atoms with Crippen molar-refractivity contribution in [3.05, 3.63) is 101 Å². The molecule has 0 spiro atoms. The van der Waals surface area contributed by atoms with Gasteiger partial charge in [0.2, 0.25) is 0 Å². The summed E-state index contributed by atoms with van der Waals surface area (Å²) in [5.74, 6) is 3.05. The molecule has 2 bridgehead atoms. The van der Waals surface area contributed by atoms with Gasteiger partial charge in [-0.2, -0.15) is 5.26 Å². The average Bonchev–Trinajstić information content (AvgIpc) is 3.47. The number of benzene rings is 3. The summed E-state index contributed by atoms with van der Waals surface area (Å²) < 4.78 is 5.78. The maximum absolute atomic E-state index is 10.7. The zero-order valence-electron chi connectivity index (χ0n) is 20.4. The number of nitriles is 1. The molecule has 3 heteroatoms. The molecule has 35 heavy (non-hydrogen) atoms. The summed E-state index contributed by atoms with van der Waals surface area (Å²) in [7, 11) is 0. The first-order valence-corrected chi connectivity index (χ1v) is 13.2. The van der Waals surface area contributed by atoms with Gasteiger partial charge >= 0.3 is 0 Å². The molecule has 6 rings (SSSR count). The first-order valence-electron chi connectivity index (χ1n) is 13.2. The Morgan fingerprint density at radius 1 is 0.886 bits per heavy atom. The van der Waals surface area contributed by atoms with Gasteiger partial charge < -0.3 is 9.64 Å². The third kappa shape index (κ3) is 4.26. The molecular formula is C32H34N2O. The minimum Gasteiger partial charge on any atom is -0.493 e. The van der Waals surface area contributed by atoms with E-state index in [1.165, 1.54) is 24.0 Å². The van der Waals surface area contributed by atoms with Crippen LogP contribution in [0.4, 0.5) is 0 Å². The highest BCUT2D eigenvalue weighted by Crippen LogP contribution is 2.49. The van der Waals surface area contributed by atoms with Crippen molar-refractivity contribution in [2.75, 3.05) is 26.2 Å². The van der Waals surface area contributed by atoms with Crippen molar-refractivity contribution in [3.8, 4) is 11.8 Å². The van der Waals surface area contributed by atoms with Gasteiger partial charge in [-0.05, 0) is 71.8 Å². The van der Waals surface area contributed by atoms with E-state index in [-0.39, 0.29) is 0 Å². The highest BCUT2D eigenvalue weighted by Gasteiger charge is 2.47. The molecule has 1 aliphatic carbocycles. The highest BCUT2D eigenvalue weighted by atomic mass is 16.5. The zero-order chi connectivity index (χ0) is 23.7. The number of piperidine rings is 1. The number of hydrogen-bond donors (Lipinski definition) is 0. The van der Waals surface area contributed by atoms with E-state index in [0.717, 1.165) is 62.4 Å². The fourth-order valence-electron chi connectivity index (χ4n) is 6.98. The Kier molecular flexibility index (Phi) is 6.08. The molecule has 2 atom stereocenters. The molecule has 0 aromatic heterocycles. The molecule has 0 radical (unpaired) electrons. The van der Waals surface area contributed by atoms with Crippen LogP contribution in [0.15, 0.2) is 78.9 Å². The maximum Gasteiger partial charge on any atom is 0.122 e. The van der Waals surface area contributed by atoms with Gasteiger partial charge in [0, 0.05) is 26.1 Å².